The Morgan fingerprint density at radius 1 is 1.10 bits per heavy atom. The molecule has 0 spiro atoms. The van der Waals surface area contributed by atoms with Crippen molar-refractivity contribution in [3.8, 4) is 11.3 Å². The molecule has 0 aliphatic heterocycles. The van der Waals surface area contributed by atoms with Gasteiger partial charge in [0.15, 0.2) is 5.65 Å². The molecule has 1 aromatic carbocycles. The molecule has 0 bridgehead atoms. The molecule has 0 saturated heterocycles. The molecule has 5 aromatic rings. The standard InChI is InChI=1S/C22H20N6O3/c1-14-5-6-16(10-15(14)2)18-11-19-21-25-28(22(30)26(21)7-8-27(19)24-18)13-20(29)23-12-17-4-3-9-31-17/h3-11H,12-13H2,1-2H3,(H,23,29). The van der Waals surface area contributed by atoms with Gasteiger partial charge in [0.25, 0.3) is 0 Å². The van der Waals surface area contributed by atoms with Crippen molar-refractivity contribution in [3.63, 3.8) is 0 Å². The van der Waals surface area contributed by atoms with Crippen molar-refractivity contribution in [1.82, 2.24) is 29.1 Å². The molecule has 9 heteroatoms. The van der Waals surface area contributed by atoms with Crippen LogP contribution in [0.3, 0.4) is 0 Å². The minimum atomic E-state index is -0.389. The lowest BCUT2D eigenvalue weighted by Gasteiger charge is -2.02. The zero-order chi connectivity index (χ0) is 21.5. The third kappa shape index (κ3) is 3.39. The number of nitrogens with one attached hydrogen (secondary N) is 1. The maximum Gasteiger partial charge on any atom is 0.350 e. The van der Waals surface area contributed by atoms with E-state index in [1.165, 1.54) is 21.8 Å². The molecule has 1 N–H and O–H groups in total. The van der Waals surface area contributed by atoms with Gasteiger partial charge in [0.2, 0.25) is 5.91 Å². The Balaban J connectivity index is 1.47. The van der Waals surface area contributed by atoms with Gasteiger partial charge in [-0.05, 0) is 49.2 Å². The molecule has 0 saturated carbocycles. The van der Waals surface area contributed by atoms with Gasteiger partial charge in [-0.2, -0.15) is 5.10 Å². The number of furan rings is 1. The number of hydrogen-bond acceptors (Lipinski definition) is 5. The Labute approximate surface area is 176 Å². The largest absolute Gasteiger partial charge is 0.467 e. The van der Waals surface area contributed by atoms with Gasteiger partial charge in [-0.25, -0.2) is 18.4 Å². The van der Waals surface area contributed by atoms with Crippen molar-refractivity contribution in [2.75, 3.05) is 0 Å². The van der Waals surface area contributed by atoms with E-state index in [2.05, 4.69) is 41.5 Å². The third-order valence-electron chi connectivity index (χ3n) is 5.33. The SMILES string of the molecule is Cc1ccc(-c2cc3c4nn(CC(=O)NCc5ccco5)c(=O)n4ccn3n2)cc1C. The summed E-state index contributed by atoms with van der Waals surface area (Å²) in [5.74, 6) is 0.304. The fourth-order valence-electron chi connectivity index (χ4n) is 3.47. The van der Waals surface area contributed by atoms with Crippen LogP contribution in [0.15, 0.2) is 64.3 Å². The van der Waals surface area contributed by atoms with Crippen molar-refractivity contribution in [3.05, 3.63) is 82.4 Å². The first-order valence-electron chi connectivity index (χ1n) is 9.84. The molecule has 4 aromatic heterocycles. The molecule has 0 atom stereocenters. The zero-order valence-electron chi connectivity index (χ0n) is 17.1. The smallest absolute Gasteiger partial charge is 0.350 e. The van der Waals surface area contributed by atoms with Gasteiger partial charge in [0, 0.05) is 18.0 Å². The van der Waals surface area contributed by atoms with E-state index in [-0.39, 0.29) is 24.7 Å². The molecule has 0 radical (unpaired) electrons. The monoisotopic (exact) mass is 416 g/mol. The summed E-state index contributed by atoms with van der Waals surface area (Å²) in [6, 6.07) is 11.6. The Kier molecular flexibility index (Phi) is 4.43. The van der Waals surface area contributed by atoms with Crippen molar-refractivity contribution in [1.29, 1.82) is 0 Å². The molecular weight excluding hydrogens is 396 g/mol. The van der Waals surface area contributed by atoms with E-state index in [1.54, 1.807) is 29.0 Å². The van der Waals surface area contributed by atoms with E-state index in [1.807, 2.05) is 12.1 Å². The quantitative estimate of drug-likeness (QED) is 0.474. The van der Waals surface area contributed by atoms with Crippen LogP contribution < -0.4 is 11.0 Å². The summed E-state index contributed by atoms with van der Waals surface area (Å²) in [6.07, 6.45) is 4.85. The molecule has 5 rings (SSSR count). The Morgan fingerprint density at radius 2 is 1.97 bits per heavy atom. The number of fused-ring (bicyclic) bond motifs is 3. The summed E-state index contributed by atoms with van der Waals surface area (Å²) in [7, 11) is 0. The molecule has 0 fully saturated rings. The van der Waals surface area contributed by atoms with Crippen LogP contribution in [-0.4, -0.2) is 29.7 Å². The number of hydrogen-bond donors (Lipinski definition) is 1. The minimum absolute atomic E-state index is 0.189. The van der Waals surface area contributed by atoms with Crippen LogP contribution in [0.4, 0.5) is 0 Å². The van der Waals surface area contributed by atoms with E-state index in [0.29, 0.717) is 16.9 Å². The summed E-state index contributed by atoms with van der Waals surface area (Å²) in [5, 5.41) is 11.7. The number of benzene rings is 1. The van der Waals surface area contributed by atoms with Gasteiger partial charge >= 0.3 is 5.69 Å². The van der Waals surface area contributed by atoms with Gasteiger partial charge in [0.05, 0.1) is 18.5 Å². The molecule has 4 heterocycles. The molecule has 156 valence electrons. The second-order valence-electron chi connectivity index (χ2n) is 7.45. The normalized spacial score (nSPS) is 11.4. The van der Waals surface area contributed by atoms with Crippen LogP contribution in [0.2, 0.25) is 0 Å². The van der Waals surface area contributed by atoms with Gasteiger partial charge < -0.3 is 9.73 Å². The molecule has 0 unspecified atom stereocenters. The lowest BCUT2D eigenvalue weighted by Crippen LogP contribution is -2.32. The first kappa shape index (κ1) is 18.9. The number of aromatic nitrogens is 5. The average Bonchev–Trinajstić information content (AvgIpc) is 3.48. The van der Waals surface area contributed by atoms with Crippen LogP contribution >= 0.6 is 0 Å². The van der Waals surface area contributed by atoms with Crippen molar-refractivity contribution in [2.45, 2.75) is 26.9 Å². The second kappa shape index (κ2) is 7.28. The molecule has 31 heavy (non-hydrogen) atoms. The summed E-state index contributed by atoms with van der Waals surface area (Å²) in [6.45, 7) is 4.19. The number of carbonyl (C=O) groups excluding carboxylic acids is 1. The van der Waals surface area contributed by atoms with E-state index < -0.39 is 0 Å². The minimum Gasteiger partial charge on any atom is -0.467 e. The van der Waals surface area contributed by atoms with Gasteiger partial charge in [-0.1, -0.05) is 12.1 Å². The van der Waals surface area contributed by atoms with Gasteiger partial charge in [0.1, 0.15) is 17.8 Å². The first-order valence-corrected chi connectivity index (χ1v) is 9.84. The highest BCUT2D eigenvalue weighted by Gasteiger charge is 2.15. The highest BCUT2D eigenvalue weighted by molar-refractivity contribution is 5.78. The Morgan fingerprint density at radius 3 is 2.74 bits per heavy atom. The number of rotatable bonds is 5. The van der Waals surface area contributed by atoms with Crippen molar-refractivity contribution in [2.24, 2.45) is 0 Å². The predicted molar refractivity (Wildman–Crippen MR) is 114 cm³/mol. The van der Waals surface area contributed by atoms with Gasteiger partial charge in [-0.3, -0.25) is 4.79 Å². The van der Waals surface area contributed by atoms with E-state index in [0.717, 1.165) is 15.9 Å². The summed E-state index contributed by atoms with van der Waals surface area (Å²) in [5.41, 5.74) is 4.90. The Hall–Kier alpha value is -4.14. The van der Waals surface area contributed by atoms with E-state index >= 15 is 0 Å². The lowest BCUT2D eigenvalue weighted by molar-refractivity contribution is -0.122. The lowest BCUT2D eigenvalue weighted by atomic mass is 10.0. The fraction of sp³-hybridized carbons (Fsp3) is 0.182. The fourth-order valence-corrected chi connectivity index (χ4v) is 3.47. The predicted octanol–water partition coefficient (Wildman–Crippen LogP) is 2.34. The van der Waals surface area contributed by atoms with E-state index in [9.17, 15) is 9.59 Å². The molecule has 0 aliphatic carbocycles. The van der Waals surface area contributed by atoms with Gasteiger partial charge in [-0.15, -0.1) is 5.10 Å². The highest BCUT2D eigenvalue weighted by Crippen LogP contribution is 2.23. The number of nitrogens with zero attached hydrogens (tertiary/aromatic N) is 5. The number of carbonyl (C=O) groups is 1. The van der Waals surface area contributed by atoms with Crippen LogP contribution in [0.25, 0.3) is 22.4 Å². The van der Waals surface area contributed by atoms with E-state index in [4.69, 9.17) is 4.42 Å². The highest BCUT2D eigenvalue weighted by atomic mass is 16.3. The summed E-state index contributed by atoms with van der Waals surface area (Å²) in [4.78, 5) is 25.0. The maximum absolute atomic E-state index is 12.7. The van der Waals surface area contributed by atoms with Crippen LogP contribution in [0.5, 0.6) is 0 Å². The molecular formula is C22H20N6O3. The van der Waals surface area contributed by atoms with Crippen LogP contribution in [0.1, 0.15) is 16.9 Å². The average molecular weight is 416 g/mol. The number of aryl methyl sites for hydroxylation is 2. The van der Waals surface area contributed by atoms with Crippen molar-refractivity contribution < 1.29 is 9.21 Å². The zero-order valence-corrected chi connectivity index (χ0v) is 17.1. The van der Waals surface area contributed by atoms with Crippen molar-refractivity contribution >= 4 is 17.1 Å². The van der Waals surface area contributed by atoms with Crippen LogP contribution in [-0.2, 0) is 17.9 Å². The molecule has 0 aliphatic rings. The summed E-state index contributed by atoms with van der Waals surface area (Å²) >= 11 is 0. The van der Waals surface area contributed by atoms with Crippen LogP contribution in [0, 0.1) is 13.8 Å². The number of amides is 1. The molecule has 1 amide bonds. The topological polar surface area (TPSA) is 98.8 Å². The third-order valence-corrected chi connectivity index (χ3v) is 5.33. The first-order chi connectivity index (χ1) is 15.0. The maximum atomic E-state index is 12.7. The Bertz CT molecular complexity index is 1470. The molecule has 9 nitrogen and oxygen atoms in total. The second-order valence-corrected chi connectivity index (χ2v) is 7.45. The summed E-state index contributed by atoms with van der Waals surface area (Å²) < 4.78 is 9.45.